The number of ether oxygens (including phenoxy) is 1. The van der Waals surface area contributed by atoms with Gasteiger partial charge in [0.05, 0.1) is 39.3 Å². The summed E-state index contributed by atoms with van der Waals surface area (Å²) in [5, 5.41) is 32.4. The van der Waals surface area contributed by atoms with E-state index in [-0.39, 0.29) is 33.2 Å². The van der Waals surface area contributed by atoms with Gasteiger partial charge in [0.1, 0.15) is 12.4 Å². The number of halogens is 4. The number of alkyl halides is 2. The summed E-state index contributed by atoms with van der Waals surface area (Å²) < 4.78 is 51.7. The van der Waals surface area contributed by atoms with E-state index < -0.39 is 24.0 Å². The molecule has 0 radical (unpaired) electrons. The first kappa shape index (κ1) is 27.3. The standard InChI is InChI=1S/C25H23ClF3N9O2/c1-25(2,40-3)10-21(35-12-16(11-32-35)18-8-9-31-38(18)24(28)29)19-6-4-15(13-37(19)39)22-20(36-14-30-33-34-36)7-5-17(26)23(22)27/h4-9,11-14,21,24H,10H2,1-3H3/t21-/m0/s1. The lowest BCUT2D eigenvalue weighted by Gasteiger charge is -2.28. The minimum Gasteiger partial charge on any atom is -0.618 e. The van der Waals surface area contributed by atoms with Crippen LogP contribution in [0.1, 0.15) is 38.6 Å². The molecule has 0 unspecified atom stereocenters. The number of nitrogens with zero attached hydrogens (tertiary/aromatic N) is 9. The van der Waals surface area contributed by atoms with Crippen molar-refractivity contribution in [3.8, 4) is 28.1 Å². The van der Waals surface area contributed by atoms with E-state index in [9.17, 15) is 14.0 Å². The molecule has 0 saturated heterocycles. The second-order valence-corrected chi connectivity index (χ2v) is 9.92. The van der Waals surface area contributed by atoms with Crippen molar-refractivity contribution in [2.75, 3.05) is 7.11 Å². The highest BCUT2D eigenvalue weighted by molar-refractivity contribution is 6.31. The third-order valence-corrected chi connectivity index (χ3v) is 6.84. The Bertz CT molecular complexity index is 1640. The van der Waals surface area contributed by atoms with Crippen molar-refractivity contribution in [3.63, 3.8) is 0 Å². The van der Waals surface area contributed by atoms with E-state index in [4.69, 9.17) is 16.3 Å². The van der Waals surface area contributed by atoms with Crippen LogP contribution in [0.5, 0.6) is 0 Å². The normalized spacial score (nSPS) is 12.8. The summed E-state index contributed by atoms with van der Waals surface area (Å²) in [5.41, 5.74) is 0.672. The Hall–Kier alpha value is -4.30. The number of hydrogen-bond donors (Lipinski definition) is 0. The molecule has 0 aliphatic rings. The lowest BCUT2D eigenvalue weighted by Crippen LogP contribution is -2.38. The van der Waals surface area contributed by atoms with Crippen LogP contribution in [0.3, 0.4) is 0 Å². The summed E-state index contributed by atoms with van der Waals surface area (Å²) in [4.78, 5) is 0. The van der Waals surface area contributed by atoms with Gasteiger partial charge in [-0.25, -0.2) is 9.07 Å². The molecule has 4 heterocycles. The number of aromatic nitrogens is 9. The summed E-state index contributed by atoms with van der Waals surface area (Å²) in [5.74, 6) is -0.744. The van der Waals surface area contributed by atoms with E-state index >= 15 is 4.39 Å². The Kier molecular flexibility index (Phi) is 7.29. The van der Waals surface area contributed by atoms with Crippen LogP contribution >= 0.6 is 11.6 Å². The molecule has 0 fully saturated rings. The molecule has 5 aromatic rings. The monoisotopic (exact) mass is 573 g/mol. The summed E-state index contributed by atoms with van der Waals surface area (Å²) in [7, 11) is 1.55. The minimum absolute atomic E-state index is 0.0337. The van der Waals surface area contributed by atoms with Gasteiger partial charge in [-0.3, -0.25) is 4.68 Å². The molecule has 4 aromatic heterocycles. The van der Waals surface area contributed by atoms with Gasteiger partial charge in [-0.05, 0) is 48.5 Å². The van der Waals surface area contributed by atoms with Crippen LogP contribution < -0.4 is 4.73 Å². The summed E-state index contributed by atoms with van der Waals surface area (Å²) in [6, 6.07) is 6.81. The largest absolute Gasteiger partial charge is 0.618 e. The van der Waals surface area contributed by atoms with Crippen molar-refractivity contribution in [3.05, 3.63) is 83.2 Å². The zero-order chi connectivity index (χ0) is 28.6. The van der Waals surface area contributed by atoms with Crippen molar-refractivity contribution in [1.29, 1.82) is 0 Å². The molecule has 208 valence electrons. The second kappa shape index (κ2) is 10.7. The van der Waals surface area contributed by atoms with E-state index in [2.05, 4.69) is 25.7 Å². The first-order valence-electron chi connectivity index (χ1n) is 12.0. The third kappa shape index (κ3) is 5.14. The van der Waals surface area contributed by atoms with Gasteiger partial charge in [-0.1, -0.05) is 11.6 Å². The average Bonchev–Trinajstić information content (AvgIpc) is 3.70. The first-order valence-corrected chi connectivity index (χ1v) is 12.3. The van der Waals surface area contributed by atoms with Crippen molar-refractivity contribution < 1.29 is 22.6 Å². The minimum atomic E-state index is -2.84. The van der Waals surface area contributed by atoms with Gasteiger partial charge in [-0.15, -0.1) is 5.10 Å². The number of tetrazole rings is 1. The van der Waals surface area contributed by atoms with E-state index in [1.807, 2.05) is 13.8 Å². The third-order valence-electron chi connectivity index (χ3n) is 6.55. The molecule has 0 aliphatic heterocycles. The van der Waals surface area contributed by atoms with Gasteiger partial charge in [0.15, 0.2) is 12.0 Å². The van der Waals surface area contributed by atoms with Crippen LogP contribution in [-0.2, 0) is 4.74 Å². The van der Waals surface area contributed by atoms with Gasteiger partial charge in [0.25, 0.3) is 0 Å². The van der Waals surface area contributed by atoms with Gasteiger partial charge < -0.3 is 9.94 Å². The highest BCUT2D eigenvalue weighted by Gasteiger charge is 2.32. The van der Waals surface area contributed by atoms with Gasteiger partial charge in [0, 0.05) is 37.6 Å². The van der Waals surface area contributed by atoms with Gasteiger partial charge in [0.2, 0.25) is 5.69 Å². The lowest BCUT2D eigenvalue weighted by molar-refractivity contribution is -0.615. The number of pyridine rings is 1. The number of rotatable bonds is 9. The maximum absolute atomic E-state index is 15.3. The molecule has 5 rings (SSSR count). The maximum Gasteiger partial charge on any atom is 0.333 e. The fourth-order valence-electron chi connectivity index (χ4n) is 4.40. The molecule has 0 amide bonds. The second-order valence-electron chi connectivity index (χ2n) is 9.51. The van der Waals surface area contributed by atoms with E-state index in [1.165, 1.54) is 46.4 Å². The Morgan fingerprint density at radius 2 is 1.93 bits per heavy atom. The molecule has 0 bridgehead atoms. The maximum atomic E-state index is 15.3. The topological polar surface area (TPSA) is 115 Å². The molecule has 15 heteroatoms. The zero-order valence-corrected chi connectivity index (χ0v) is 22.2. The van der Waals surface area contributed by atoms with Crippen LogP contribution in [0.4, 0.5) is 13.2 Å². The smallest absolute Gasteiger partial charge is 0.333 e. The van der Waals surface area contributed by atoms with Crippen molar-refractivity contribution >= 4 is 11.6 Å². The molecule has 0 spiro atoms. The lowest BCUT2D eigenvalue weighted by atomic mass is 9.95. The summed E-state index contributed by atoms with van der Waals surface area (Å²) >= 11 is 6.06. The zero-order valence-electron chi connectivity index (χ0n) is 21.5. The molecule has 0 N–H and O–H groups in total. The highest BCUT2D eigenvalue weighted by atomic mass is 35.5. The van der Waals surface area contributed by atoms with Gasteiger partial charge >= 0.3 is 6.55 Å². The summed E-state index contributed by atoms with van der Waals surface area (Å²) in [6.45, 7) is 0.858. The molecule has 1 aromatic carbocycles. The predicted molar refractivity (Wildman–Crippen MR) is 137 cm³/mol. The highest BCUT2D eigenvalue weighted by Crippen LogP contribution is 2.35. The number of hydrogen-bond acceptors (Lipinski definition) is 7. The Labute approximate surface area is 231 Å². The molecular formula is C25H23ClF3N9O2. The van der Waals surface area contributed by atoms with E-state index in [0.29, 0.717) is 21.4 Å². The fourth-order valence-corrected chi connectivity index (χ4v) is 4.56. The quantitative estimate of drug-likeness (QED) is 0.187. The fraction of sp³-hybridized carbons (Fsp3) is 0.280. The van der Waals surface area contributed by atoms with Gasteiger partial charge in [-0.2, -0.15) is 28.4 Å². The molecule has 40 heavy (non-hydrogen) atoms. The molecule has 1 atom stereocenters. The molecule has 11 nitrogen and oxygen atoms in total. The first-order chi connectivity index (χ1) is 19.1. The predicted octanol–water partition coefficient (Wildman–Crippen LogP) is 4.61. The van der Waals surface area contributed by atoms with Crippen LogP contribution in [0.2, 0.25) is 5.02 Å². The van der Waals surface area contributed by atoms with Crippen LogP contribution in [-0.4, -0.2) is 52.5 Å². The molecule has 0 saturated carbocycles. The molecular weight excluding hydrogens is 551 g/mol. The van der Waals surface area contributed by atoms with E-state index in [1.54, 1.807) is 31.5 Å². The van der Waals surface area contributed by atoms with Crippen LogP contribution in [0.15, 0.2) is 61.4 Å². The van der Waals surface area contributed by atoms with Crippen molar-refractivity contribution in [2.45, 2.75) is 38.5 Å². The Balaban J connectivity index is 1.59. The number of methoxy groups -OCH3 is 1. The SMILES string of the molecule is COC(C)(C)C[C@@H](c1ccc(-c2c(-n3cnnn3)ccc(Cl)c2F)c[n+]1[O-])n1cc(-c2ccnn2C(F)F)cn1. The Morgan fingerprint density at radius 3 is 2.60 bits per heavy atom. The van der Waals surface area contributed by atoms with Crippen LogP contribution in [0.25, 0.3) is 28.1 Å². The van der Waals surface area contributed by atoms with Crippen LogP contribution in [0, 0.1) is 11.0 Å². The Morgan fingerprint density at radius 1 is 1.12 bits per heavy atom. The average molecular weight is 574 g/mol. The number of benzene rings is 1. The summed E-state index contributed by atoms with van der Waals surface area (Å²) in [6.07, 6.45) is 7.07. The van der Waals surface area contributed by atoms with E-state index in [0.717, 1.165) is 0 Å². The van der Waals surface area contributed by atoms with Crippen molar-refractivity contribution in [1.82, 2.24) is 39.8 Å². The van der Waals surface area contributed by atoms with Crippen molar-refractivity contribution in [2.24, 2.45) is 0 Å². The molecule has 0 aliphatic carbocycles.